The van der Waals surface area contributed by atoms with Crippen LogP contribution in [0.15, 0.2) is 30.3 Å². The van der Waals surface area contributed by atoms with Crippen LogP contribution in [-0.4, -0.2) is 45.8 Å². The number of aliphatic hydroxyl groups is 2. The van der Waals surface area contributed by atoms with Crippen molar-refractivity contribution in [3.05, 3.63) is 47.3 Å². The molecule has 0 aliphatic carbocycles. The van der Waals surface area contributed by atoms with Crippen LogP contribution < -0.4 is 10.2 Å². The Morgan fingerprint density at radius 3 is 2.59 bits per heavy atom. The number of carbonyl (C=O) groups is 1. The lowest BCUT2D eigenvalue weighted by Gasteiger charge is -2.37. The van der Waals surface area contributed by atoms with E-state index in [9.17, 15) is 28.2 Å². The summed E-state index contributed by atoms with van der Waals surface area (Å²) in [6, 6.07) is 6.42. The minimum Gasteiger partial charge on any atom is -0.396 e. The number of hydrogen-bond donors (Lipinski definition) is 3. The van der Waals surface area contributed by atoms with Crippen LogP contribution >= 0.6 is 11.3 Å². The van der Waals surface area contributed by atoms with Crippen molar-refractivity contribution >= 4 is 38.3 Å². The molecule has 1 fully saturated rings. The quantitative estimate of drug-likeness (QED) is 0.531. The first-order chi connectivity index (χ1) is 15.0. The predicted molar refractivity (Wildman–Crippen MR) is 115 cm³/mol. The second-order valence-electron chi connectivity index (χ2n) is 8.23. The molecule has 170 valence electrons. The van der Waals surface area contributed by atoms with Crippen LogP contribution in [-0.2, 0) is 11.8 Å². The summed E-state index contributed by atoms with van der Waals surface area (Å²) in [5.74, 6) is -0.608. The average Bonchev–Trinajstić information content (AvgIpc) is 3.07. The second kappa shape index (κ2) is 7.98. The molecule has 0 saturated carbocycles. The first kappa shape index (κ1) is 22.4. The minimum atomic E-state index is -4.67. The summed E-state index contributed by atoms with van der Waals surface area (Å²) in [5.41, 5.74) is -1.63. The summed E-state index contributed by atoms with van der Waals surface area (Å²) >= 11 is 1.39. The maximum Gasteiger partial charge on any atom is 0.433 e. The van der Waals surface area contributed by atoms with Crippen molar-refractivity contribution in [3.8, 4) is 0 Å². The molecule has 32 heavy (non-hydrogen) atoms. The minimum absolute atomic E-state index is 0.115. The molecule has 3 heterocycles. The molecule has 0 bridgehead atoms. The van der Waals surface area contributed by atoms with Gasteiger partial charge in [0, 0.05) is 36.9 Å². The van der Waals surface area contributed by atoms with Gasteiger partial charge in [0.2, 0.25) is 0 Å². The molecule has 0 atom stereocenters. The van der Waals surface area contributed by atoms with Crippen LogP contribution in [0.4, 0.5) is 24.0 Å². The first-order valence-corrected chi connectivity index (χ1v) is 10.7. The number of hydrogen-bond acceptors (Lipinski definition) is 7. The molecule has 11 heteroatoms. The molecular weight excluding hydrogens is 445 g/mol. The Kier molecular flexibility index (Phi) is 5.60. The third kappa shape index (κ3) is 4.41. The number of rotatable bonds is 5. The van der Waals surface area contributed by atoms with E-state index >= 15 is 0 Å². The maximum atomic E-state index is 13.0. The number of halogens is 3. The summed E-state index contributed by atoms with van der Waals surface area (Å²) in [7, 11) is 0. The molecule has 0 spiro atoms. The van der Waals surface area contributed by atoms with E-state index < -0.39 is 23.4 Å². The van der Waals surface area contributed by atoms with Crippen molar-refractivity contribution in [2.75, 3.05) is 29.9 Å². The lowest BCUT2D eigenvalue weighted by molar-refractivity contribution is -0.141. The molecule has 4 rings (SSSR count). The van der Waals surface area contributed by atoms with E-state index in [-0.39, 0.29) is 23.9 Å². The van der Waals surface area contributed by atoms with Crippen LogP contribution in [0.3, 0.4) is 0 Å². The van der Waals surface area contributed by atoms with Gasteiger partial charge in [0.25, 0.3) is 5.91 Å². The zero-order valence-electron chi connectivity index (χ0n) is 17.3. The number of thiazole rings is 1. The summed E-state index contributed by atoms with van der Waals surface area (Å²) in [4.78, 5) is 22.7. The van der Waals surface area contributed by atoms with E-state index in [0.29, 0.717) is 24.2 Å². The van der Waals surface area contributed by atoms with Gasteiger partial charge < -0.3 is 20.4 Å². The fraction of sp³-hybridized carbons (Fsp3) is 0.381. The van der Waals surface area contributed by atoms with Crippen molar-refractivity contribution in [1.82, 2.24) is 9.97 Å². The van der Waals surface area contributed by atoms with Crippen molar-refractivity contribution in [2.45, 2.75) is 25.6 Å². The highest BCUT2D eigenvalue weighted by Crippen LogP contribution is 2.38. The number of aromatic nitrogens is 2. The Bertz CT molecular complexity index is 1170. The number of nitrogens with one attached hydrogen (secondary N) is 1. The van der Waals surface area contributed by atoms with Crippen LogP contribution in [0.25, 0.3) is 10.2 Å². The Balaban J connectivity index is 1.67. The van der Waals surface area contributed by atoms with Gasteiger partial charge in [-0.25, -0.2) is 9.97 Å². The molecule has 7 nitrogen and oxygen atoms in total. The topological polar surface area (TPSA) is 98.6 Å². The van der Waals surface area contributed by atoms with Gasteiger partial charge in [-0.2, -0.15) is 13.2 Å². The summed E-state index contributed by atoms with van der Waals surface area (Å²) in [6.45, 7) is 4.59. The Hall–Kier alpha value is -2.76. The Morgan fingerprint density at radius 1 is 1.25 bits per heavy atom. The van der Waals surface area contributed by atoms with Gasteiger partial charge in [0.15, 0.2) is 5.13 Å². The lowest BCUT2D eigenvalue weighted by Crippen LogP contribution is -2.48. The number of nitrogens with zero attached hydrogens (tertiary/aromatic N) is 3. The van der Waals surface area contributed by atoms with E-state index in [2.05, 4.69) is 15.3 Å². The van der Waals surface area contributed by atoms with Gasteiger partial charge in [-0.3, -0.25) is 4.79 Å². The number of fused-ring (bicyclic) bond motifs is 1. The largest absolute Gasteiger partial charge is 0.433 e. The number of benzene rings is 1. The number of carbonyl (C=O) groups excluding carboxylic acids is 1. The molecule has 1 aliphatic heterocycles. The first-order valence-electron chi connectivity index (χ1n) is 9.84. The summed E-state index contributed by atoms with van der Waals surface area (Å²) in [5, 5.41) is 23.2. The summed E-state index contributed by atoms with van der Waals surface area (Å²) in [6.07, 6.45) is -4.67. The Labute approximate surface area is 185 Å². The maximum absolute atomic E-state index is 13.0. The smallest absolute Gasteiger partial charge is 0.396 e. The van der Waals surface area contributed by atoms with Gasteiger partial charge in [-0.1, -0.05) is 17.4 Å². The third-order valence-electron chi connectivity index (χ3n) is 5.18. The lowest BCUT2D eigenvalue weighted by atomic mass is 9.96. The van der Waals surface area contributed by atoms with Crippen LogP contribution in [0, 0.1) is 5.92 Å². The molecule has 1 amide bonds. The van der Waals surface area contributed by atoms with Crippen LogP contribution in [0.2, 0.25) is 0 Å². The monoisotopic (exact) mass is 466 g/mol. The van der Waals surface area contributed by atoms with Crippen molar-refractivity contribution in [3.63, 3.8) is 0 Å². The van der Waals surface area contributed by atoms with Crippen molar-refractivity contribution in [2.24, 2.45) is 5.92 Å². The Morgan fingerprint density at radius 2 is 1.97 bits per heavy atom. The van der Waals surface area contributed by atoms with Gasteiger partial charge in [0.05, 0.1) is 15.8 Å². The number of anilines is 2. The molecule has 3 N–H and O–H groups in total. The van der Waals surface area contributed by atoms with Crippen LogP contribution in [0.5, 0.6) is 0 Å². The fourth-order valence-corrected chi connectivity index (χ4v) is 4.46. The number of aliphatic hydroxyl groups excluding tert-OH is 1. The third-order valence-corrected chi connectivity index (χ3v) is 6.26. The highest BCUT2D eigenvalue weighted by atomic mass is 32.1. The van der Waals surface area contributed by atoms with Gasteiger partial charge >= 0.3 is 6.18 Å². The zero-order chi connectivity index (χ0) is 23.3. The molecule has 0 unspecified atom stereocenters. The zero-order valence-corrected chi connectivity index (χ0v) is 18.1. The molecule has 1 saturated heterocycles. The molecule has 1 aromatic carbocycles. The number of pyridine rings is 1. The van der Waals surface area contributed by atoms with E-state index in [0.717, 1.165) is 22.0 Å². The van der Waals surface area contributed by atoms with E-state index in [1.165, 1.54) is 17.4 Å². The van der Waals surface area contributed by atoms with Crippen molar-refractivity contribution < 1.29 is 28.2 Å². The molecule has 2 aromatic heterocycles. The van der Waals surface area contributed by atoms with E-state index in [1.54, 1.807) is 26.0 Å². The standard InChI is InChI=1S/C21H21F3N4O3S/c1-20(2,31)12-6-15-16(32-19(27-15)28-8-11(9-28)10-29)7-14(12)26-18(30)13-4-3-5-17(25-13)21(22,23)24/h3-7,11,29,31H,8-10H2,1-2H3,(H,26,30). The molecule has 0 radical (unpaired) electrons. The van der Waals surface area contributed by atoms with Crippen LogP contribution in [0.1, 0.15) is 35.6 Å². The fourth-order valence-electron chi connectivity index (χ4n) is 3.45. The van der Waals surface area contributed by atoms with Crippen molar-refractivity contribution in [1.29, 1.82) is 0 Å². The SMILES string of the molecule is CC(C)(O)c1cc2nc(N3CC(CO)C3)sc2cc1NC(=O)c1cccc(C(F)(F)F)n1. The molecule has 3 aromatic rings. The summed E-state index contributed by atoms with van der Waals surface area (Å²) < 4.78 is 39.6. The van der Waals surface area contributed by atoms with E-state index in [1.807, 2.05) is 4.90 Å². The number of alkyl halides is 3. The van der Waals surface area contributed by atoms with Gasteiger partial charge in [-0.05, 0) is 38.1 Å². The second-order valence-corrected chi connectivity index (χ2v) is 9.24. The van der Waals surface area contributed by atoms with E-state index in [4.69, 9.17) is 0 Å². The average molecular weight is 466 g/mol. The van der Waals surface area contributed by atoms with Gasteiger partial charge in [-0.15, -0.1) is 0 Å². The highest BCUT2D eigenvalue weighted by molar-refractivity contribution is 7.22. The van der Waals surface area contributed by atoms with Gasteiger partial charge in [0.1, 0.15) is 11.4 Å². The molecule has 1 aliphatic rings. The highest BCUT2D eigenvalue weighted by Gasteiger charge is 2.33. The number of amides is 1. The molecular formula is C21H21F3N4O3S. The predicted octanol–water partition coefficient (Wildman–Crippen LogP) is 3.62. The normalized spacial score (nSPS) is 15.2.